The molecule has 1 amide bonds. The zero-order valence-electron chi connectivity index (χ0n) is 12.4. The van der Waals surface area contributed by atoms with Crippen molar-refractivity contribution >= 4 is 23.7 Å². The summed E-state index contributed by atoms with van der Waals surface area (Å²) in [6.45, 7) is 0.0451. The molecule has 2 rings (SSSR count). The van der Waals surface area contributed by atoms with Gasteiger partial charge in [-0.05, 0) is 22.9 Å². The van der Waals surface area contributed by atoms with Crippen molar-refractivity contribution in [3.05, 3.63) is 71.8 Å². The average molecular weight is 333 g/mol. The summed E-state index contributed by atoms with van der Waals surface area (Å²) < 4.78 is 5.32. The molecule has 0 aliphatic heterocycles. The van der Waals surface area contributed by atoms with Crippen molar-refractivity contribution in [2.75, 3.05) is 6.54 Å². The fourth-order valence-electron chi connectivity index (χ4n) is 2.01. The second-order valence-electron chi connectivity index (χ2n) is 4.81. The summed E-state index contributed by atoms with van der Waals surface area (Å²) in [4.78, 5) is 26.3. The topological polar surface area (TPSA) is 67.4 Å². The Hall–Kier alpha value is -2.37. The van der Waals surface area contributed by atoms with Crippen LogP contribution in [-0.4, -0.2) is 18.4 Å². The maximum atomic E-state index is 12.4. The molecule has 0 aliphatic carbocycles. The summed E-state index contributed by atoms with van der Waals surface area (Å²) in [7, 11) is 0. The second-order valence-corrected chi connectivity index (χ2v) is 5.08. The van der Waals surface area contributed by atoms with Gasteiger partial charge in [0.1, 0.15) is 6.61 Å². The Morgan fingerprint density at radius 3 is 2.22 bits per heavy atom. The fraction of sp³-hybridized carbons (Fsp3) is 0.176. The number of nitrogens with one attached hydrogen (secondary N) is 2. The first-order valence-electron chi connectivity index (χ1n) is 7.09. The van der Waals surface area contributed by atoms with E-state index in [0.29, 0.717) is 5.56 Å². The highest BCUT2D eigenvalue weighted by Crippen LogP contribution is 2.15. The first kappa shape index (κ1) is 17.0. The minimum absolute atomic E-state index is 0.100. The first-order chi connectivity index (χ1) is 11.2. The summed E-state index contributed by atoms with van der Waals surface area (Å²) in [6, 6.07) is 17.4. The number of rotatable bonds is 7. The highest BCUT2D eigenvalue weighted by Gasteiger charge is 2.24. The molecule has 0 unspecified atom stereocenters. The maximum Gasteiger partial charge on any atom is 0.333 e. The molecule has 6 heteroatoms. The molecular formula is C17H17ClN2O3. The highest BCUT2D eigenvalue weighted by molar-refractivity contribution is 6.14. The van der Waals surface area contributed by atoms with Gasteiger partial charge >= 0.3 is 5.97 Å². The fourth-order valence-corrected chi connectivity index (χ4v) is 2.13. The number of benzene rings is 2. The minimum atomic E-state index is -0.877. The molecule has 0 fully saturated rings. The molecule has 0 aliphatic rings. The Kier molecular flexibility index (Phi) is 6.59. The van der Waals surface area contributed by atoms with Gasteiger partial charge < -0.3 is 10.1 Å². The van der Waals surface area contributed by atoms with E-state index in [4.69, 9.17) is 16.5 Å². The molecule has 1 atom stereocenters. The van der Waals surface area contributed by atoms with Gasteiger partial charge in [-0.2, -0.15) is 0 Å². The van der Waals surface area contributed by atoms with E-state index < -0.39 is 17.9 Å². The zero-order valence-corrected chi connectivity index (χ0v) is 13.1. The van der Waals surface area contributed by atoms with Gasteiger partial charge in [0.25, 0.3) is 0 Å². The average Bonchev–Trinajstić information content (AvgIpc) is 2.59. The molecule has 0 heterocycles. The van der Waals surface area contributed by atoms with Gasteiger partial charge in [-0.3, -0.25) is 4.79 Å². The molecule has 2 aromatic carbocycles. The van der Waals surface area contributed by atoms with Crippen LogP contribution in [0.2, 0.25) is 0 Å². The van der Waals surface area contributed by atoms with Crippen molar-refractivity contribution in [1.82, 2.24) is 10.2 Å². The van der Waals surface area contributed by atoms with Crippen LogP contribution >= 0.6 is 11.8 Å². The molecule has 120 valence electrons. The van der Waals surface area contributed by atoms with Crippen LogP contribution in [0.5, 0.6) is 0 Å². The van der Waals surface area contributed by atoms with Crippen LogP contribution in [-0.2, 0) is 20.9 Å². The van der Waals surface area contributed by atoms with E-state index in [1.165, 1.54) is 0 Å². The van der Waals surface area contributed by atoms with E-state index in [2.05, 4.69) is 10.2 Å². The highest BCUT2D eigenvalue weighted by atomic mass is 35.5. The zero-order chi connectivity index (χ0) is 16.5. The minimum Gasteiger partial charge on any atom is -0.459 e. The number of hydrogen-bond donors (Lipinski definition) is 2. The lowest BCUT2D eigenvalue weighted by molar-refractivity contribution is -0.149. The Morgan fingerprint density at radius 2 is 1.61 bits per heavy atom. The Morgan fingerprint density at radius 1 is 1.00 bits per heavy atom. The predicted octanol–water partition coefficient (Wildman–Crippen LogP) is 2.33. The van der Waals surface area contributed by atoms with Gasteiger partial charge in [-0.15, -0.1) is 0 Å². The van der Waals surface area contributed by atoms with Crippen molar-refractivity contribution in [2.45, 2.75) is 12.6 Å². The van der Waals surface area contributed by atoms with Crippen LogP contribution in [0.25, 0.3) is 0 Å². The molecule has 5 nitrogen and oxygen atoms in total. The normalized spacial score (nSPS) is 11.5. The van der Waals surface area contributed by atoms with E-state index >= 15 is 0 Å². The largest absolute Gasteiger partial charge is 0.459 e. The predicted molar refractivity (Wildman–Crippen MR) is 87.4 cm³/mol. The van der Waals surface area contributed by atoms with Crippen LogP contribution in [0, 0.1) is 0 Å². The van der Waals surface area contributed by atoms with E-state index in [9.17, 15) is 9.59 Å². The maximum absolute atomic E-state index is 12.4. The van der Waals surface area contributed by atoms with Crippen LogP contribution < -0.4 is 10.2 Å². The van der Waals surface area contributed by atoms with Crippen molar-refractivity contribution in [3.8, 4) is 0 Å². The Labute approximate surface area is 139 Å². The van der Waals surface area contributed by atoms with Crippen molar-refractivity contribution < 1.29 is 14.3 Å². The monoisotopic (exact) mass is 332 g/mol. The second kappa shape index (κ2) is 8.92. The van der Waals surface area contributed by atoms with Crippen LogP contribution in [0.4, 0.5) is 0 Å². The van der Waals surface area contributed by atoms with Crippen LogP contribution in [0.15, 0.2) is 60.7 Å². The summed E-state index contributed by atoms with van der Waals surface area (Å²) >= 11 is 5.32. The number of halogens is 1. The molecule has 23 heavy (non-hydrogen) atoms. The lowest BCUT2D eigenvalue weighted by atomic mass is 10.1. The molecule has 0 bridgehead atoms. The van der Waals surface area contributed by atoms with Crippen molar-refractivity contribution in [2.24, 2.45) is 0 Å². The van der Waals surface area contributed by atoms with E-state index in [1.54, 1.807) is 24.3 Å². The molecule has 0 aromatic heterocycles. The summed E-state index contributed by atoms with van der Waals surface area (Å²) in [5.74, 6) is -0.923. The molecule has 0 saturated carbocycles. The number of carbonyl (C=O) groups is 2. The Balaban J connectivity index is 2.06. The smallest absolute Gasteiger partial charge is 0.333 e. The van der Waals surface area contributed by atoms with E-state index in [0.717, 1.165) is 5.56 Å². The van der Waals surface area contributed by atoms with Gasteiger partial charge in [-0.1, -0.05) is 60.7 Å². The van der Waals surface area contributed by atoms with Gasteiger partial charge in [0, 0.05) is 0 Å². The molecule has 0 spiro atoms. The van der Waals surface area contributed by atoms with E-state index in [-0.39, 0.29) is 13.2 Å². The lowest BCUT2D eigenvalue weighted by Crippen LogP contribution is -2.38. The number of carbonyl (C=O) groups excluding carboxylic acids is 2. The van der Waals surface area contributed by atoms with E-state index in [1.807, 2.05) is 36.4 Å². The number of hydrogen-bond acceptors (Lipinski definition) is 4. The van der Waals surface area contributed by atoms with Crippen LogP contribution in [0.3, 0.4) is 0 Å². The van der Waals surface area contributed by atoms with Gasteiger partial charge in [0.15, 0.2) is 6.04 Å². The van der Waals surface area contributed by atoms with Crippen molar-refractivity contribution in [1.29, 1.82) is 0 Å². The summed E-state index contributed by atoms with van der Waals surface area (Å²) in [5, 5.41) is 2.61. The summed E-state index contributed by atoms with van der Waals surface area (Å²) in [6.07, 6.45) is 0. The quantitative estimate of drug-likeness (QED) is 0.603. The molecule has 0 radical (unpaired) electrons. The lowest BCUT2D eigenvalue weighted by Gasteiger charge is -2.18. The third-order valence-electron chi connectivity index (χ3n) is 3.13. The number of esters is 1. The first-order valence-corrected chi connectivity index (χ1v) is 7.47. The SMILES string of the molecule is O=C(CNCl)N[C@H](C(=O)OCc1ccccc1)c1ccccc1. The van der Waals surface area contributed by atoms with Gasteiger partial charge in [-0.25, -0.2) is 9.63 Å². The number of amides is 1. The third-order valence-corrected chi connectivity index (χ3v) is 3.26. The van der Waals surface area contributed by atoms with Gasteiger partial charge in [0.2, 0.25) is 5.91 Å². The molecular weight excluding hydrogens is 316 g/mol. The summed E-state index contributed by atoms with van der Waals surface area (Å²) in [5.41, 5.74) is 1.52. The van der Waals surface area contributed by atoms with Crippen molar-refractivity contribution in [3.63, 3.8) is 0 Å². The van der Waals surface area contributed by atoms with Crippen LogP contribution in [0.1, 0.15) is 17.2 Å². The standard InChI is InChI=1S/C17H17ClN2O3/c18-19-11-15(21)20-16(14-9-5-2-6-10-14)17(22)23-12-13-7-3-1-4-8-13/h1-10,16,19H,11-12H2,(H,20,21)/t16-/m0/s1. The molecule has 2 N–H and O–H groups in total. The number of ether oxygens (including phenoxy) is 1. The molecule has 0 saturated heterocycles. The third kappa shape index (κ3) is 5.39. The molecule has 2 aromatic rings. The Bertz CT molecular complexity index is 635. The van der Waals surface area contributed by atoms with Gasteiger partial charge in [0.05, 0.1) is 6.54 Å².